The lowest BCUT2D eigenvalue weighted by Crippen LogP contribution is -1.80. The van der Waals surface area contributed by atoms with Crippen molar-refractivity contribution in [2.75, 3.05) is 6.61 Å². The number of hydrogen-bond acceptors (Lipinski definition) is 1. The molecule has 0 fully saturated rings. The van der Waals surface area contributed by atoms with Crippen molar-refractivity contribution in [2.45, 2.75) is 26.2 Å². The van der Waals surface area contributed by atoms with Crippen molar-refractivity contribution in [1.82, 2.24) is 0 Å². The van der Waals surface area contributed by atoms with E-state index in [2.05, 4.69) is 20.9 Å². The first-order valence-corrected chi connectivity index (χ1v) is 3.04. The van der Waals surface area contributed by atoms with Crippen LogP contribution in [0.15, 0.2) is 0 Å². The molecule has 0 aliphatic carbocycles. The minimum atomic E-state index is 0.789. The topological polar surface area (TPSA) is 9.23 Å². The summed E-state index contributed by atoms with van der Waals surface area (Å²) in [4.78, 5) is 0. The summed E-state index contributed by atoms with van der Waals surface area (Å²) in [5, 5.41) is 0. The van der Waals surface area contributed by atoms with E-state index in [4.69, 9.17) is 0 Å². The predicted octanol–water partition coefficient (Wildman–Crippen LogP) is 2.52. The highest BCUT2D eigenvalue weighted by molar-refractivity contribution is 7.09. The maximum atomic E-state index is 4.54. The van der Waals surface area contributed by atoms with Gasteiger partial charge in [-0.2, -0.15) is 0 Å². The highest BCUT2D eigenvalue weighted by Gasteiger charge is 1.80. The molecule has 0 rings (SSSR count). The second-order valence-electron chi connectivity index (χ2n) is 1.54. The van der Waals surface area contributed by atoms with Gasteiger partial charge in [0.2, 0.25) is 0 Å². The molecule has 0 amide bonds. The smallest absolute Gasteiger partial charge is 0.148 e. The van der Waals surface area contributed by atoms with E-state index in [0.29, 0.717) is 0 Å². The Labute approximate surface area is 47.7 Å². The molecule has 0 aliphatic rings. The third kappa shape index (κ3) is 6.39. The van der Waals surface area contributed by atoms with Gasteiger partial charge < -0.3 is 4.52 Å². The average molecular weight is 118 g/mol. The first-order chi connectivity index (χ1) is 3.41. The molecule has 0 aliphatic heterocycles. The molecule has 0 saturated carbocycles. The molecule has 7 heavy (non-hydrogen) atoms. The zero-order valence-electron chi connectivity index (χ0n) is 4.68. The van der Waals surface area contributed by atoms with Gasteiger partial charge >= 0.3 is 0 Å². The minimum Gasteiger partial charge on any atom is -0.345 e. The molecule has 0 N–H and O–H groups in total. The molecule has 0 aromatic rings. The van der Waals surface area contributed by atoms with E-state index in [9.17, 15) is 0 Å². The van der Waals surface area contributed by atoms with E-state index < -0.39 is 0 Å². The van der Waals surface area contributed by atoms with Crippen molar-refractivity contribution in [3.8, 4) is 0 Å². The summed E-state index contributed by atoms with van der Waals surface area (Å²) < 4.78 is 4.54. The van der Waals surface area contributed by atoms with Crippen LogP contribution in [-0.4, -0.2) is 6.61 Å². The van der Waals surface area contributed by atoms with Gasteiger partial charge in [0.05, 0.1) is 6.61 Å². The lowest BCUT2D eigenvalue weighted by molar-refractivity contribution is 0.356. The van der Waals surface area contributed by atoms with Crippen LogP contribution in [0, 0.1) is 0 Å². The normalized spacial score (nSPS) is 9.43. The standard InChI is InChI=1S/C5H11OP/c1-2-3-4-5-6-7/h2-5H2,1H3. The quantitative estimate of drug-likeness (QED) is 0.407. The summed E-state index contributed by atoms with van der Waals surface area (Å²) in [6.45, 7) is 2.95. The molecular formula is C5H11OP. The summed E-state index contributed by atoms with van der Waals surface area (Å²) in [5.74, 6) is 0. The Hall–Kier alpha value is 0.390. The van der Waals surface area contributed by atoms with Crippen LogP contribution in [0.4, 0.5) is 0 Å². The zero-order chi connectivity index (χ0) is 5.54. The van der Waals surface area contributed by atoms with Crippen molar-refractivity contribution in [2.24, 2.45) is 0 Å². The maximum absolute atomic E-state index is 4.54. The lowest BCUT2D eigenvalue weighted by Gasteiger charge is -1.91. The number of hydrogen-bond donors (Lipinski definition) is 0. The van der Waals surface area contributed by atoms with Gasteiger partial charge in [-0.1, -0.05) is 19.8 Å². The first-order valence-electron chi connectivity index (χ1n) is 2.68. The zero-order valence-corrected chi connectivity index (χ0v) is 5.58. The average Bonchev–Trinajstić information content (AvgIpc) is 1.69. The fourth-order valence-corrected chi connectivity index (χ4v) is 0.546. The second-order valence-corrected chi connectivity index (χ2v) is 1.80. The highest BCUT2D eigenvalue weighted by Crippen LogP contribution is 1.95. The van der Waals surface area contributed by atoms with Gasteiger partial charge in [0.25, 0.3) is 0 Å². The van der Waals surface area contributed by atoms with Crippen LogP contribution in [-0.2, 0) is 4.52 Å². The van der Waals surface area contributed by atoms with Crippen molar-refractivity contribution >= 4 is 9.47 Å². The van der Waals surface area contributed by atoms with Crippen LogP contribution in [0.25, 0.3) is 0 Å². The van der Waals surface area contributed by atoms with Gasteiger partial charge in [-0.05, 0) is 6.42 Å². The van der Waals surface area contributed by atoms with Crippen LogP contribution >= 0.6 is 9.47 Å². The predicted molar refractivity (Wildman–Crippen MR) is 32.4 cm³/mol. The van der Waals surface area contributed by atoms with Crippen LogP contribution in [0.2, 0.25) is 0 Å². The Morgan fingerprint density at radius 1 is 1.43 bits per heavy atom. The van der Waals surface area contributed by atoms with Gasteiger partial charge in [0, 0.05) is 0 Å². The molecule has 0 atom stereocenters. The molecule has 0 aromatic heterocycles. The van der Waals surface area contributed by atoms with Crippen LogP contribution < -0.4 is 0 Å². The maximum Gasteiger partial charge on any atom is 0.148 e. The Morgan fingerprint density at radius 3 is 2.57 bits per heavy atom. The minimum absolute atomic E-state index is 0.789. The fourth-order valence-electron chi connectivity index (χ4n) is 0.417. The molecule has 0 bridgehead atoms. The molecule has 0 spiro atoms. The van der Waals surface area contributed by atoms with Gasteiger partial charge in [0.15, 0.2) is 0 Å². The second kappa shape index (κ2) is 6.39. The summed E-state index contributed by atoms with van der Waals surface area (Å²) in [6, 6.07) is 0. The number of rotatable bonds is 4. The molecule has 0 aromatic carbocycles. The van der Waals surface area contributed by atoms with Gasteiger partial charge in [-0.15, -0.1) is 0 Å². The summed E-state index contributed by atoms with van der Waals surface area (Å²) in [7, 11) is 3.59. The summed E-state index contributed by atoms with van der Waals surface area (Å²) in [5.41, 5.74) is 0. The third-order valence-electron chi connectivity index (χ3n) is 0.839. The molecule has 0 heterocycles. The first kappa shape index (κ1) is 7.39. The highest BCUT2D eigenvalue weighted by atomic mass is 31.0. The van der Waals surface area contributed by atoms with Crippen molar-refractivity contribution in [3.63, 3.8) is 0 Å². The molecule has 0 unspecified atom stereocenters. The van der Waals surface area contributed by atoms with Crippen molar-refractivity contribution < 1.29 is 4.52 Å². The van der Waals surface area contributed by atoms with Crippen molar-refractivity contribution in [3.05, 3.63) is 0 Å². The molecule has 42 valence electrons. The van der Waals surface area contributed by atoms with E-state index in [1.54, 1.807) is 0 Å². The van der Waals surface area contributed by atoms with E-state index in [0.717, 1.165) is 13.0 Å². The summed E-state index contributed by atoms with van der Waals surface area (Å²) >= 11 is 0. The van der Waals surface area contributed by atoms with E-state index in [1.807, 2.05) is 0 Å². The van der Waals surface area contributed by atoms with Gasteiger partial charge in [0.1, 0.15) is 9.47 Å². The Morgan fingerprint density at radius 2 is 2.14 bits per heavy atom. The molecule has 2 heteroatoms. The Kier molecular flexibility index (Phi) is 6.75. The summed E-state index contributed by atoms with van der Waals surface area (Å²) in [6.07, 6.45) is 3.64. The molecule has 2 radical (unpaired) electrons. The molecule has 1 nitrogen and oxygen atoms in total. The monoisotopic (exact) mass is 118 g/mol. The Balaban J connectivity index is 2.45. The SMILES string of the molecule is CCCCCO[P]. The van der Waals surface area contributed by atoms with E-state index in [1.165, 1.54) is 12.8 Å². The van der Waals surface area contributed by atoms with Crippen LogP contribution in [0.1, 0.15) is 26.2 Å². The van der Waals surface area contributed by atoms with E-state index >= 15 is 0 Å². The van der Waals surface area contributed by atoms with Crippen LogP contribution in [0.5, 0.6) is 0 Å². The van der Waals surface area contributed by atoms with Gasteiger partial charge in [-0.3, -0.25) is 0 Å². The fraction of sp³-hybridized carbons (Fsp3) is 1.00. The third-order valence-corrected chi connectivity index (χ3v) is 1.02. The van der Waals surface area contributed by atoms with Gasteiger partial charge in [-0.25, -0.2) is 0 Å². The van der Waals surface area contributed by atoms with E-state index in [-0.39, 0.29) is 0 Å². The Bertz CT molecular complexity index is 27.3. The molecular weight excluding hydrogens is 107 g/mol. The lowest BCUT2D eigenvalue weighted by atomic mass is 10.3. The largest absolute Gasteiger partial charge is 0.345 e. The molecule has 0 saturated heterocycles. The van der Waals surface area contributed by atoms with Crippen molar-refractivity contribution in [1.29, 1.82) is 0 Å². The number of unbranched alkanes of at least 4 members (excludes halogenated alkanes) is 2. The van der Waals surface area contributed by atoms with Crippen LogP contribution in [0.3, 0.4) is 0 Å².